The number of carbonyl (C=O) groups is 2. The Morgan fingerprint density at radius 1 is 1.10 bits per heavy atom. The third-order valence-corrected chi connectivity index (χ3v) is 5.33. The summed E-state index contributed by atoms with van der Waals surface area (Å²) >= 11 is 7.49. The normalized spacial score (nSPS) is 11.1. The molecule has 7 heteroatoms. The van der Waals surface area contributed by atoms with Gasteiger partial charge in [0.15, 0.2) is 0 Å². The van der Waals surface area contributed by atoms with Crippen LogP contribution in [0.1, 0.15) is 32.8 Å². The van der Waals surface area contributed by atoms with E-state index in [-0.39, 0.29) is 23.0 Å². The molecule has 29 heavy (non-hydrogen) atoms. The lowest BCUT2D eigenvalue weighted by Crippen LogP contribution is -2.19. The SMILES string of the molecule is COc1cc(Cl)c(C)cc1NC(=O)CSc1cccc(NC(=O)CC(C)(C)C)c1. The van der Waals surface area contributed by atoms with E-state index < -0.39 is 0 Å². The zero-order valence-electron chi connectivity index (χ0n) is 17.4. The Morgan fingerprint density at radius 3 is 2.48 bits per heavy atom. The highest BCUT2D eigenvalue weighted by atomic mass is 35.5. The van der Waals surface area contributed by atoms with Gasteiger partial charge < -0.3 is 15.4 Å². The summed E-state index contributed by atoms with van der Waals surface area (Å²) < 4.78 is 5.29. The zero-order valence-corrected chi connectivity index (χ0v) is 19.0. The molecule has 0 aliphatic heterocycles. The van der Waals surface area contributed by atoms with Crippen LogP contribution in [-0.4, -0.2) is 24.7 Å². The molecule has 156 valence electrons. The maximum Gasteiger partial charge on any atom is 0.234 e. The number of ether oxygens (including phenoxy) is 1. The monoisotopic (exact) mass is 434 g/mol. The average molecular weight is 435 g/mol. The lowest BCUT2D eigenvalue weighted by atomic mass is 9.92. The molecule has 2 aromatic carbocycles. The molecule has 2 amide bonds. The molecule has 0 fully saturated rings. The summed E-state index contributed by atoms with van der Waals surface area (Å²) in [6.07, 6.45) is 0.440. The van der Waals surface area contributed by atoms with Gasteiger partial charge in [0.25, 0.3) is 0 Å². The quantitative estimate of drug-likeness (QED) is 0.543. The number of hydrogen-bond donors (Lipinski definition) is 2. The van der Waals surface area contributed by atoms with Crippen molar-refractivity contribution in [2.45, 2.75) is 39.0 Å². The summed E-state index contributed by atoms with van der Waals surface area (Å²) in [6.45, 7) is 7.93. The van der Waals surface area contributed by atoms with E-state index in [0.29, 0.717) is 22.9 Å². The van der Waals surface area contributed by atoms with E-state index in [4.69, 9.17) is 16.3 Å². The van der Waals surface area contributed by atoms with E-state index in [0.717, 1.165) is 16.1 Å². The van der Waals surface area contributed by atoms with Crippen LogP contribution in [-0.2, 0) is 9.59 Å². The molecule has 5 nitrogen and oxygen atoms in total. The van der Waals surface area contributed by atoms with E-state index in [2.05, 4.69) is 10.6 Å². The predicted molar refractivity (Wildman–Crippen MR) is 121 cm³/mol. The van der Waals surface area contributed by atoms with Crippen molar-refractivity contribution in [3.63, 3.8) is 0 Å². The fourth-order valence-electron chi connectivity index (χ4n) is 2.62. The first-order valence-electron chi connectivity index (χ1n) is 9.24. The van der Waals surface area contributed by atoms with Gasteiger partial charge in [-0.1, -0.05) is 38.4 Å². The first kappa shape index (κ1) is 23.1. The van der Waals surface area contributed by atoms with Crippen LogP contribution in [0.4, 0.5) is 11.4 Å². The van der Waals surface area contributed by atoms with Crippen molar-refractivity contribution in [3.8, 4) is 5.75 Å². The van der Waals surface area contributed by atoms with Gasteiger partial charge >= 0.3 is 0 Å². The maximum atomic E-state index is 12.4. The van der Waals surface area contributed by atoms with Crippen LogP contribution in [0.15, 0.2) is 41.3 Å². The van der Waals surface area contributed by atoms with Crippen molar-refractivity contribution in [3.05, 3.63) is 47.0 Å². The van der Waals surface area contributed by atoms with Gasteiger partial charge in [0.05, 0.1) is 18.6 Å². The Morgan fingerprint density at radius 2 is 1.83 bits per heavy atom. The van der Waals surface area contributed by atoms with Gasteiger partial charge in [-0.2, -0.15) is 0 Å². The molecule has 0 atom stereocenters. The molecule has 0 heterocycles. The van der Waals surface area contributed by atoms with Gasteiger partial charge in [-0.15, -0.1) is 11.8 Å². The molecule has 0 aromatic heterocycles. The highest BCUT2D eigenvalue weighted by Gasteiger charge is 2.16. The summed E-state index contributed by atoms with van der Waals surface area (Å²) in [5.41, 5.74) is 2.09. The summed E-state index contributed by atoms with van der Waals surface area (Å²) in [5.74, 6) is 0.562. The highest BCUT2D eigenvalue weighted by Crippen LogP contribution is 2.31. The van der Waals surface area contributed by atoms with Gasteiger partial charge in [0, 0.05) is 28.1 Å². The molecule has 0 aliphatic rings. The third kappa shape index (κ3) is 7.63. The number of amides is 2. The number of methoxy groups -OCH3 is 1. The van der Waals surface area contributed by atoms with E-state index in [1.165, 1.54) is 18.9 Å². The fraction of sp³-hybridized carbons (Fsp3) is 0.364. The van der Waals surface area contributed by atoms with E-state index >= 15 is 0 Å². The molecule has 0 saturated carbocycles. The van der Waals surface area contributed by atoms with Crippen molar-refractivity contribution < 1.29 is 14.3 Å². The Kier molecular flexibility index (Phi) is 7.99. The van der Waals surface area contributed by atoms with Crippen LogP contribution >= 0.6 is 23.4 Å². The van der Waals surface area contributed by atoms with Gasteiger partial charge in [-0.05, 0) is 42.2 Å². The Hall–Kier alpha value is -2.18. The topological polar surface area (TPSA) is 67.4 Å². The fourth-order valence-corrected chi connectivity index (χ4v) is 3.52. The van der Waals surface area contributed by atoms with Crippen molar-refractivity contribution >= 4 is 46.6 Å². The number of rotatable bonds is 7. The summed E-state index contributed by atoms with van der Waals surface area (Å²) in [5, 5.41) is 6.35. The number of carbonyl (C=O) groups excluding carboxylic acids is 2. The van der Waals surface area contributed by atoms with Crippen LogP contribution in [0.25, 0.3) is 0 Å². The third-order valence-electron chi connectivity index (χ3n) is 3.93. The van der Waals surface area contributed by atoms with Gasteiger partial charge in [0.1, 0.15) is 5.75 Å². The number of halogens is 1. The van der Waals surface area contributed by atoms with Gasteiger partial charge in [-0.25, -0.2) is 0 Å². The molecule has 0 spiro atoms. The first-order chi connectivity index (χ1) is 13.6. The molecule has 0 bridgehead atoms. The zero-order chi connectivity index (χ0) is 21.6. The number of hydrogen-bond acceptors (Lipinski definition) is 4. The molecule has 0 saturated heterocycles. The Bertz CT molecular complexity index is 894. The lowest BCUT2D eigenvalue weighted by molar-refractivity contribution is -0.118. The van der Waals surface area contributed by atoms with Gasteiger partial charge in [0.2, 0.25) is 11.8 Å². The molecule has 0 unspecified atom stereocenters. The summed E-state index contributed by atoms with van der Waals surface area (Å²) in [7, 11) is 1.53. The molecule has 0 radical (unpaired) electrons. The second-order valence-corrected chi connectivity index (χ2v) is 9.41. The minimum atomic E-state index is -0.155. The molecule has 0 aliphatic carbocycles. The van der Waals surface area contributed by atoms with E-state index in [9.17, 15) is 9.59 Å². The minimum absolute atomic E-state index is 0.0254. The van der Waals surface area contributed by atoms with Crippen LogP contribution in [0, 0.1) is 12.3 Å². The van der Waals surface area contributed by atoms with Crippen molar-refractivity contribution in [2.24, 2.45) is 5.41 Å². The maximum absolute atomic E-state index is 12.4. The van der Waals surface area contributed by atoms with Crippen LogP contribution < -0.4 is 15.4 Å². The van der Waals surface area contributed by atoms with Crippen molar-refractivity contribution in [1.29, 1.82) is 0 Å². The number of anilines is 2. The predicted octanol–water partition coefficient (Wildman–Crippen LogP) is 5.76. The number of benzene rings is 2. The van der Waals surface area contributed by atoms with Crippen molar-refractivity contribution in [2.75, 3.05) is 23.5 Å². The van der Waals surface area contributed by atoms with Crippen molar-refractivity contribution in [1.82, 2.24) is 0 Å². The molecule has 2 N–H and O–H groups in total. The van der Waals surface area contributed by atoms with E-state index in [1.807, 2.05) is 52.0 Å². The minimum Gasteiger partial charge on any atom is -0.495 e. The molecular formula is C22H27ClN2O3S. The van der Waals surface area contributed by atoms with Crippen LogP contribution in [0.2, 0.25) is 5.02 Å². The standard InChI is InChI=1S/C22H27ClN2O3S/c1-14-9-18(19(28-5)11-17(14)23)25-21(27)13-29-16-8-6-7-15(10-16)24-20(26)12-22(2,3)4/h6-11H,12-13H2,1-5H3,(H,24,26)(H,25,27). The average Bonchev–Trinajstić information content (AvgIpc) is 2.61. The second kappa shape index (κ2) is 10.0. The second-order valence-electron chi connectivity index (χ2n) is 7.95. The Balaban J connectivity index is 1.96. The number of aryl methyl sites for hydroxylation is 1. The first-order valence-corrected chi connectivity index (χ1v) is 10.6. The number of thioether (sulfide) groups is 1. The number of nitrogens with one attached hydrogen (secondary N) is 2. The summed E-state index contributed by atoms with van der Waals surface area (Å²) in [6, 6.07) is 10.9. The molecule has 2 aromatic rings. The highest BCUT2D eigenvalue weighted by molar-refractivity contribution is 8.00. The summed E-state index contributed by atoms with van der Waals surface area (Å²) in [4.78, 5) is 25.4. The molecular weight excluding hydrogens is 408 g/mol. The smallest absolute Gasteiger partial charge is 0.234 e. The van der Waals surface area contributed by atoms with Crippen LogP contribution in [0.3, 0.4) is 0 Å². The Labute approximate surface area is 181 Å². The van der Waals surface area contributed by atoms with E-state index in [1.54, 1.807) is 12.1 Å². The largest absolute Gasteiger partial charge is 0.495 e. The van der Waals surface area contributed by atoms with Crippen LogP contribution in [0.5, 0.6) is 5.75 Å². The molecule has 2 rings (SSSR count). The lowest BCUT2D eigenvalue weighted by Gasteiger charge is -2.17. The van der Waals surface area contributed by atoms with Gasteiger partial charge in [-0.3, -0.25) is 9.59 Å².